The van der Waals surface area contributed by atoms with Crippen molar-refractivity contribution in [2.24, 2.45) is 11.7 Å². The minimum atomic E-state index is -1.39. The number of piperazine rings is 1. The monoisotopic (exact) mass is 860 g/mol. The van der Waals surface area contributed by atoms with Gasteiger partial charge in [0.15, 0.2) is 6.35 Å². The van der Waals surface area contributed by atoms with Gasteiger partial charge in [0, 0.05) is 50.0 Å². The van der Waals surface area contributed by atoms with E-state index in [4.69, 9.17) is 15.2 Å². The molecule has 1 unspecified atom stereocenters. The Morgan fingerprint density at radius 3 is 2.18 bits per heavy atom. The number of pyridine rings is 1. The number of nitrogens with zero attached hydrogens (tertiary/aromatic N) is 3. The Balaban J connectivity index is 1.14. The van der Waals surface area contributed by atoms with Crippen LogP contribution in [0.5, 0.6) is 0 Å². The third-order valence-electron chi connectivity index (χ3n) is 10.3. The Labute approximate surface area is 357 Å². The molecule has 1 aromatic heterocycles. The van der Waals surface area contributed by atoms with Gasteiger partial charge < -0.3 is 50.0 Å². The largest absolute Gasteiger partial charge is 0.477 e. The third-order valence-corrected chi connectivity index (χ3v) is 10.3. The van der Waals surface area contributed by atoms with E-state index in [0.29, 0.717) is 29.7 Å². The first kappa shape index (κ1) is 46.5. The number of ether oxygens (including phenoxy) is 2. The average molecular weight is 861 g/mol. The van der Waals surface area contributed by atoms with Crippen LogP contribution in [0.2, 0.25) is 0 Å². The van der Waals surface area contributed by atoms with Gasteiger partial charge in [0.1, 0.15) is 36.7 Å². The molecule has 1 aliphatic heterocycles. The van der Waals surface area contributed by atoms with Crippen LogP contribution in [0.25, 0.3) is 10.9 Å². The van der Waals surface area contributed by atoms with E-state index < -0.39 is 65.2 Å². The second-order valence-electron chi connectivity index (χ2n) is 15.0. The number of aromatic carboxylic acids is 1. The number of carbonyl (C=O) groups excluding carboxylic acids is 4. The Kier molecular flexibility index (Phi) is 16.3. The summed E-state index contributed by atoms with van der Waals surface area (Å²) in [7, 11) is 0. The van der Waals surface area contributed by atoms with Gasteiger partial charge in [-0.2, -0.15) is 0 Å². The van der Waals surface area contributed by atoms with Crippen LogP contribution in [0.15, 0.2) is 77.7 Å². The fourth-order valence-corrected chi connectivity index (χ4v) is 6.85. The Bertz CT molecular complexity index is 2260. The SMILES string of the molecule is CCn1cc(C(=O)O)c(=O)c2cc(F)c(N3CCN(C(=O)OCc4ccc(NC(=O)[C@H](CCCNC(N)O)NC(=O)[C@@H](NC(=O)OCc5ccccc5)C(C)C)cc4)CC3)cc21. The smallest absolute Gasteiger partial charge is 0.410 e. The van der Waals surface area contributed by atoms with Crippen LogP contribution < -0.4 is 37.3 Å². The maximum absolute atomic E-state index is 15.3. The number of anilines is 2. The average Bonchev–Trinajstić information content (AvgIpc) is 3.25. The highest BCUT2D eigenvalue weighted by atomic mass is 19.1. The number of nitrogens with one attached hydrogen (secondary N) is 4. The van der Waals surface area contributed by atoms with E-state index in [-0.39, 0.29) is 69.3 Å². The Morgan fingerprint density at radius 2 is 1.55 bits per heavy atom. The van der Waals surface area contributed by atoms with Crippen LogP contribution in [0.3, 0.4) is 0 Å². The van der Waals surface area contributed by atoms with Gasteiger partial charge in [0.25, 0.3) is 0 Å². The number of aliphatic hydroxyl groups is 1. The summed E-state index contributed by atoms with van der Waals surface area (Å²) < 4.78 is 27.8. The number of aryl methyl sites for hydroxylation is 1. The molecule has 18 nitrogen and oxygen atoms in total. The first-order valence-electron chi connectivity index (χ1n) is 20.3. The fraction of sp³-hybridized carbons (Fsp3) is 0.395. The Hall–Kier alpha value is -6.57. The second kappa shape index (κ2) is 21.8. The summed E-state index contributed by atoms with van der Waals surface area (Å²) in [5.41, 5.74) is 6.60. The molecule has 19 heteroatoms. The third kappa shape index (κ3) is 12.5. The Morgan fingerprint density at radius 1 is 0.887 bits per heavy atom. The van der Waals surface area contributed by atoms with Crippen molar-refractivity contribution in [2.45, 2.75) is 71.8 Å². The first-order valence-corrected chi connectivity index (χ1v) is 20.3. The standard InChI is InChI=1S/C43H53FN8O10/c1-4-50-23-31(40(56)57)37(53)30-21-32(44)35(22-34(30)50)51-17-19-52(20-18-51)43(60)62-25-28-12-14-29(15-13-28)47-38(54)33(11-8-16-46-41(45)58)48-39(55)36(26(2)3)49-42(59)61-24-27-9-6-5-7-10-27/h5-7,9-10,12-15,21-23,26,33,36,41,46,58H,4,8,11,16-20,24-25,45H2,1-3H3,(H,47,54)(H,48,55)(H,49,59)(H,56,57)/t33-,36-,41?/m0/s1. The summed E-state index contributed by atoms with van der Waals surface area (Å²) in [5.74, 6) is -3.55. The van der Waals surface area contributed by atoms with Crippen molar-refractivity contribution in [3.63, 3.8) is 0 Å². The van der Waals surface area contributed by atoms with E-state index in [0.717, 1.165) is 11.6 Å². The molecule has 0 bridgehead atoms. The number of aliphatic hydroxyl groups excluding tert-OH is 1. The summed E-state index contributed by atoms with van der Waals surface area (Å²) in [6.45, 7) is 6.83. The molecule has 62 heavy (non-hydrogen) atoms. The number of alkyl carbamates (subject to hydrolysis) is 1. The quantitative estimate of drug-likeness (QED) is 0.0562. The van der Waals surface area contributed by atoms with Crippen molar-refractivity contribution in [1.29, 1.82) is 0 Å². The number of carbonyl (C=O) groups is 5. The van der Waals surface area contributed by atoms with Gasteiger partial charge in [-0.05, 0) is 67.6 Å². The number of halogens is 1. The lowest BCUT2D eigenvalue weighted by molar-refractivity contribution is -0.128. The van der Waals surface area contributed by atoms with Crippen molar-refractivity contribution in [1.82, 2.24) is 25.4 Å². The summed E-state index contributed by atoms with van der Waals surface area (Å²) in [4.78, 5) is 80.2. The van der Waals surface area contributed by atoms with E-state index in [1.165, 1.54) is 17.2 Å². The van der Waals surface area contributed by atoms with E-state index in [1.807, 2.05) is 18.2 Å². The zero-order valence-electron chi connectivity index (χ0n) is 34.8. The van der Waals surface area contributed by atoms with Crippen LogP contribution in [-0.4, -0.2) is 101 Å². The van der Waals surface area contributed by atoms with Crippen LogP contribution in [-0.2, 0) is 38.8 Å². The molecule has 0 aliphatic carbocycles. The van der Waals surface area contributed by atoms with Crippen molar-refractivity contribution < 1.29 is 48.0 Å². The number of hydrogen-bond donors (Lipinski definition) is 7. The number of rotatable bonds is 18. The molecule has 5 rings (SSSR count). The molecule has 0 spiro atoms. The normalized spacial score (nSPS) is 14.2. The number of amides is 4. The molecule has 8 N–H and O–H groups in total. The maximum atomic E-state index is 15.3. The summed E-state index contributed by atoms with van der Waals surface area (Å²) in [6.07, 6.45) is -0.856. The number of carboxylic acid groups (broad SMARTS) is 1. The molecule has 4 aromatic rings. The highest BCUT2D eigenvalue weighted by molar-refractivity contribution is 5.98. The van der Waals surface area contributed by atoms with Gasteiger partial charge >= 0.3 is 18.2 Å². The molecular weight excluding hydrogens is 808 g/mol. The molecule has 1 aliphatic rings. The predicted octanol–water partition coefficient (Wildman–Crippen LogP) is 3.30. The van der Waals surface area contributed by atoms with E-state index in [1.54, 1.807) is 66.6 Å². The van der Waals surface area contributed by atoms with Crippen LogP contribution >= 0.6 is 0 Å². The molecule has 3 atom stereocenters. The van der Waals surface area contributed by atoms with Gasteiger partial charge in [-0.25, -0.2) is 18.8 Å². The van der Waals surface area contributed by atoms with Gasteiger partial charge in [-0.15, -0.1) is 0 Å². The zero-order valence-corrected chi connectivity index (χ0v) is 34.8. The zero-order chi connectivity index (χ0) is 44.9. The topological polar surface area (TPSA) is 247 Å². The molecule has 1 saturated heterocycles. The van der Waals surface area contributed by atoms with Gasteiger partial charge in [0.05, 0.1) is 11.2 Å². The second-order valence-corrected chi connectivity index (χ2v) is 15.0. The van der Waals surface area contributed by atoms with Crippen LogP contribution in [0.4, 0.5) is 25.4 Å². The number of carboxylic acids is 1. The number of aromatic nitrogens is 1. The minimum Gasteiger partial charge on any atom is -0.477 e. The molecule has 3 aromatic carbocycles. The molecule has 0 saturated carbocycles. The van der Waals surface area contributed by atoms with E-state index in [2.05, 4.69) is 21.3 Å². The molecule has 332 valence electrons. The molecule has 1 fully saturated rings. The van der Waals surface area contributed by atoms with Crippen molar-refractivity contribution in [2.75, 3.05) is 42.9 Å². The lowest BCUT2D eigenvalue weighted by Gasteiger charge is -2.35. The van der Waals surface area contributed by atoms with Crippen LogP contribution in [0.1, 0.15) is 55.1 Å². The number of nitrogens with two attached hydrogens (primary N) is 1. The van der Waals surface area contributed by atoms with Gasteiger partial charge in [-0.3, -0.25) is 25.4 Å². The molecule has 0 radical (unpaired) electrons. The summed E-state index contributed by atoms with van der Waals surface area (Å²) in [6, 6.07) is 16.2. The van der Waals surface area contributed by atoms with E-state index >= 15 is 4.39 Å². The molecule has 2 heterocycles. The molecule has 4 amide bonds. The summed E-state index contributed by atoms with van der Waals surface area (Å²) >= 11 is 0. The van der Waals surface area contributed by atoms with Crippen molar-refractivity contribution in [3.8, 4) is 0 Å². The van der Waals surface area contributed by atoms with Crippen molar-refractivity contribution in [3.05, 3.63) is 106 Å². The number of hydrogen-bond acceptors (Lipinski definition) is 12. The van der Waals surface area contributed by atoms with Crippen LogP contribution in [0, 0.1) is 11.7 Å². The van der Waals surface area contributed by atoms with Crippen molar-refractivity contribution >= 4 is 52.2 Å². The maximum Gasteiger partial charge on any atom is 0.410 e. The fourth-order valence-electron chi connectivity index (χ4n) is 6.85. The highest BCUT2D eigenvalue weighted by Crippen LogP contribution is 2.27. The van der Waals surface area contributed by atoms with Gasteiger partial charge in [-0.1, -0.05) is 56.3 Å². The summed E-state index contributed by atoms with van der Waals surface area (Å²) in [5, 5.41) is 29.5. The number of fused-ring (bicyclic) bond motifs is 1. The molecular formula is C43H53FN8O10. The predicted molar refractivity (Wildman–Crippen MR) is 228 cm³/mol. The highest BCUT2D eigenvalue weighted by Gasteiger charge is 2.30. The van der Waals surface area contributed by atoms with Gasteiger partial charge in [0.2, 0.25) is 17.2 Å². The number of benzene rings is 3. The minimum absolute atomic E-state index is 0.00764. The lowest BCUT2D eigenvalue weighted by atomic mass is 10.0. The lowest BCUT2D eigenvalue weighted by Crippen LogP contribution is -2.54. The first-order chi connectivity index (χ1) is 29.6. The van der Waals surface area contributed by atoms with E-state index in [9.17, 15) is 39.0 Å².